The van der Waals surface area contributed by atoms with Gasteiger partial charge in [-0.1, -0.05) is 299 Å². The van der Waals surface area contributed by atoms with E-state index in [1.165, 1.54) is 244 Å². The standard InChI is InChI=1S/C75H137NO10/c1-3-5-7-9-11-13-15-16-39-43-47-51-55-59-63-71(80)84-64-60-56-52-48-44-40-37-35-33-31-29-27-25-23-21-19-17-18-20-22-24-26-28-30-32-34-36-38-42-46-50-54-58-62-70(79)76-67(66-85-75-74(83)73(82)72(81)69(65-77)86-75)68(78)61-57-53-49-45-41-14-12-10-8-6-4-2/h9,11,15-16,21,23,27,29,57,61,67-69,72-75,77-78,81-83H,3-8,10,12-14,17-20,22,24-26,28,30-56,58-60,62-66H2,1-2H3,(H,76,79)/b11-9-,16-15-,23-21-,29-27-,61-57+. The summed E-state index contributed by atoms with van der Waals surface area (Å²) in [4.78, 5) is 25.1. The summed E-state index contributed by atoms with van der Waals surface area (Å²) < 4.78 is 16.7. The van der Waals surface area contributed by atoms with Crippen molar-refractivity contribution in [2.45, 2.75) is 384 Å². The molecule has 6 N–H and O–H groups in total. The van der Waals surface area contributed by atoms with Gasteiger partial charge in [0.1, 0.15) is 24.4 Å². The average molecular weight is 1210 g/mol. The molecule has 1 fully saturated rings. The molecule has 1 rings (SSSR count). The van der Waals surface area contributed by atoms with E-state index >= 15 is 0 Å². The SMILES string of the molecule is CCCC/C=C\C/C=C\CCCCCCCC(=O)OCCCCCCCCCCC/C=C\C/C=C\CCCCCCCCCCCCCCCCCCCC(=O)NC(COC1OC(CO)C(O)C(O)C1O)C(O)/C=C/CCCCCCCCCCC. The number of unbranched alkanes of at least 4 members (excludes halogenated alkanes) is 42. The van der Waals surface area contributed by atoms with Gasteiger partial charge in [0.15, 0.2) is 6.29 Å². The molecule has 0 bridgehead atoms. The first-order chi connectivity index (χ1) is 42.2. The lowest BCUT2D eigenvalue weighted by Gasteiger charge is -2.40. The van der Waals surface area contributed by atoms with Gasteiger partial charge in [-0.05, 0) is 89.9 Å². The van der Waals surface area contributed by atoms with Crippen LogP contribution in [0.15, 0.2) is 60.8 Å². The maximum Gasteiger partial charge on any atom is 0.305 e. The van der Waals surface area contributed by atoms with E-state index in [0.29, 0.717) is 19.4 Å². The van der Waals surface area contributed by atoms with Crippen LogP contribution in [0.25, 0.3) is 0 Å². The second kappa shape index (κ2) is 63.9. The van der Waals surface area contributed by atoms with Gasteiger partial charge in [0, 0.05) is 12.8 Å². The molecule has 7 atom stereocenters. The van der Waals surface area contributed by atoms with Crippen molar-refractivity contribution in [3.63, 3.8) is 0 Å². The third kappa shape index (κ3) is 52.2. The van der Waals surface area contributed by atoms with Crippen LogP contribution in [-0.4, -0.2) is 100 Å². The monoisotopic (exact) mass is 1210 g/mol. The predicted octanol–water partition coefficient (Wildman–Crippen LogP) is 18.9. The fourth-order valence-electron chi connectivity index (χ4n) is 11.3. The molecule has 1 saturated heterocycles. The molecule has 1 aliphatic rings. The smallest absolute Gasteiger partial charge is 0.305 e. The maximum absolute atomic E-state index is 13.0. The van der Waals surface area contributed by atoms with Crippen LogP contribution < -0.4 is 5.32 Å². The quantitative estimate of drug-likeness (QED) is 0.0195. The molecule has 11 nitrogen and oxygen atoms in total. The van der Waals surface area contributed by atoms with E-state index < -0.39 is 49.5 Å². The summed E-state index contributed by atoms with van der Waals surface area (Å²) in [6.45, 7) is 4.31. The van der Waals surface area contributed by atoms with Gasteiger partial charge in [-0.25, -0.2) is 0 Å². The van der Waals surface area contributed by atoms with Crippen molar-refractivity contribution in [3.8, 4) is 0 Å². The number of nitrogens with one attached hydrogen (secondary N) is 1. The van der Waals surface area contributed by atoms with Crippen molar-refractivity contribution in [2.75, 3.05) is 19.8 Å². The highest BCUT2D eigenvalue weighted by Crippen LogP contribution is 2.23. The Morgan fingerprint density at radius 1 is 0.430 bits per heavy atom. The van der Waals surface area contributed by atoms with Crippen LogP contribution in [-0.2, 0) is 23.8 Å². The Hall–Kier alpha value is -2.64. The lowest BCUT2D eigenvalue weighted by Crippen LogP contribution is -2.60. The van der Waals surface area contributed by atoms with E-state index in [1.54, 1.807) is 6.08 Å². The van der Waals surface area contributed by atoms with Gasteiger partial charge < -0.3 is 45.1 Å². The minimum atomic E-state index is -1.57. The highest BCUT2D eigenvalue weighted by Gasteiger charge is 2.44. The zero-order valence-corrected chi connectivity index (χ0v) is 55.8. The van der Waals surface area contributed by atoms with E-state index in [-0.39, 0.29) is 18.5 Å². The summed E-state index contributed by atoms with van der Waals surface area (Å²) in [6.07, 6.45) is 75.1. The Morgan fingerprint density at radius 3 is 1.21 bits per heavy atom. The molecule has 0 spiro atoms. The van der Waals surface area contributed by atoms with Gasteiger partial charge in [-0.3, -0.25) is 9.59 Å². The van der Waals surface area contributed by atoms with Gasteiger partial charge in [0.05, 0.1) is 32.0 Å². The molecular formula is C75H137NO10. The number of carbonyl (C=O) groups excluding carboxylic acids is 2. The van der Waals surface area contributed by atoms with E-state index in [1.807, 2.05) is 6.08 Å². The number of carbonyl (C=O) groups is 2. The van der Waals surface area contributed by atoms with E-state index in [0.717, 1.165) is 70.6 Å². The molecule has 1 aliphatic heterocycles. The van der Waals surface area contributed by atoms with E-state index in [2.05, 4.69) is 67.8 Å². The van der Waals surface area contributed by atoms with Crippen molar-refractivity contribution < 1.29 is 49.3 Å². The largest absolute Gasteiger partial charge is 0.466 e. The number of hydrogen-bond donors (Lipinski definition) is 6. The van der Waals surface area contributed by atoms with Crippen LogP contribution in [0.3, 0.4) is 0 Å². The lowest BCUT2D eigenvalue weighted by atomic mass is 9.99. The Kier molecular flexibility index (Phi) is 60.5. The molecule has 86 heavy (non-hydrogen) atoms. The topological polar surface area (TPSA) is 175 Å². The minimum Gasteiger partial charge on any atom is -0.466 e. The number of ether oxygens (including phenoxy) is 3. The highest BCUT2D eigenvalue weighted by molar-refractivity contribution is 5.76. The fraction of sp³-hybridized carbons (Fsp3) is 0.840. The minimum absolute atomic E-state index is 0.00799. The molecule has 502 valence electrons. The zero-order valence-electron chi connectivity index (χ0n) is 55.8. The van der Waals surface area contributed by atoms with Gasteiger partial charge in [-0.15, -0.1) is 0 Å². The fourth-order valence-corrected chi connectivity index (χ4v) is 11.3. The number of aliphatic hydroxyl groups is 5. The third-order valence-corrected chi connectivity index (χ3v) is 17.1. The number of amides is 1. The normalized spacial score (nSPS) is 18.2. The predicted molar refractivity (Wildman–Crippen MR) is 361 cm³/mol. The van der Waals surface area contributed by atoms with E-state index in [4.69, 9.17) is 14.2 Å². The molecule has 0 saturated carbocycles. The Bertz CT molecular complexity index is 1610. The summed E-state index contributed by atoms with van der Waals surface area (Å²) in [5, 5.41) is 54.4. The van der Waals surface area contributed by atoms with Gasteiger partial charge in [0.25, 0.3) is 0 Å². The number of rotatable bonds is 64. The molecular weight excluding hydrogens is 1070 g/mol. The van der Waals surface area contributed by atoms with Crippen LogP contribution in [0.5, 0.6) is 0 Å². The summed E-state index contributed by atoms with van der Waals surface area (Å²) in [6, 6.07) is -0.809. The molecule has 0 aromatic rings. The summed E-state index contributed by atoms with van der Waals surface area (Å²) in [5.41, 5.74) is 0. The number of allylic oxidation sites excluding steroid dienone is 9. The second-order valence-electron chi connectivity index (χ2n) is 25.3. The first-order valence-electron chi connectivity index (χ1n) is 36.6. The molecule has 0 aromatic carbocycles. The first kappa shape index (κ1) is 81.4. The van der Waals surface area contributed by atoms with Gasteiger partial charge in [0.2, 0.25) is 5.91 Å². The Balaban J connectivity index is 1.93. The van der Waals surface area contributed by atoms with Crippen LogP contribution in [0.1, 0.15) is 341 Å². The van der Waals surface area contributed by atoms with Crippen molar-refractivity contribution in [1.82, 2.24) is 5.32 Å². The highest BCUT2D eigenvalue weighted by atomic mass is 16.7. The number of esters is 1. The van der Waals surface area contributed by atoms with Crippen LogP contribution in [0.2, 0.25) is 0 Å². The summed E-state index contributed by atoms with van der Waals surface area (Å²) in [5.74, 6) is -0.188. The molecule has 1 heterocycles. The molecule has 11 heteroatoms. The van der Waals surface area contributed by atoms with Crippen LogP contribution in [0.4, 0.5) is 0 Å². The van der Waals surface area contributed by atoms with Crippen molar-refractivity contribution >= 4 is 11.9 Å². The van der Waals surface area contributed by atoms with Gasteiger partial charge in [-0.2, -0.15) is 0 Å². The lowest BCUT2D eigenvalue weighted by molar-refractivity contribution is -0.302. The summed E-state index contributed by atoms with van der Waals surface area (Å²) >= 11 is 0. The third-order valence-electron chi connectivity index (χ3n) is 17.1. The van der Waals surface area contributed by atoms with Crippen molar-refractivity contribution in [2.24, 2.45) is 0 Å². The molecule has 0 aromatic heterocycles. The molecule has 7 unspecified atom stereocenters. The zero-order chi connectivity index (χ0) is 62.3. The van der Waals surface area contributed by atoms with Crippen LogP contribution in [0, 0.1) is 0 Å². The van der Waals surface area contributed by atoms with E-state index in [9.17, 15) is 35.1 Å². The maximum atomic E-state index is 13.0. The van der Waals surface area contributed by atoms with Crippen molar-refractivity contribution in [1.29, 1.82) is 0 Å². The Labute approximate surface area is 528 Å². The number of aliphatic hydroxyl groups excluding tert-OH is 5. The first-order valence-corrected chi connectivity index (χ1v) is 36.6. The van der Waals surface area contributed by atoms with Gasteiger partial charge >= 0.3 is 5.97 Å². The Morgan fingerprint density at radius 2 is 0.791 bits per heavy atom. The summed E-state index contributed by atoms with van der Waals surface area (Å²) in [7, 11) is 0. The molecule has 0 radical (unpaired) electrons. The average Bonchev–Trinajstić information content (AvgIpc) is 2.89. The van der Waals surface area contributed by atoms with Crippen molar-refractivity contribution in [3.05, 3.63) is 60.8 Å². The number of hydrogen-bond acceptors (Lipinski definition) is 10. The van der Waals surface area contributed by atoms with Crippen LogP contribution >= 0.6 is 0 Å². The molecule has 1 amide bonds. The molecule has 0 aliphatic carbocycles. The second-order valence-corrected chi connectivity index (χ2v) is 25.3.